The predicted molar refractivity (Wildman–Crippen MR) is 118 cm³/mol. The van der Waals surface area contributed by atoms with E-state index in [-0.39, 0.29) is 0 Å². The van der Waals surface area contributed by atoms with Gasteiger partial charge >= 0.3 is 0 Å². The van der Waals surface area contributed by atoms with Gasteiger partial charge in [-0.2, -0.15) is 0 Å². The van der Waals surface area contributed by atoms with Gasteiger partial charge in [0, 0.05) is 11.6 Å². The number of rotatable bonds is 7. The van der Waals surface area contributed by atoms with Crippen molar-refractivity contribution < 1.29 is 9.47 Å². The van der Waals surface area contributed by atoms with Gasteiger partial charge in [-0.1, -0.05) is 58.5 Å². The first-order chi connectivity index (χ1) is 13.5. The van der Waals surface area contributed by atoms with Gasteiger partial charge in [0.15, 0.2) is 11.5 Å². The van der Waals surface area contributed by atoms with Crippen LogP contribution in [0.1, 0.15) is 11.1 Å². The number of halogens is 4. The van der Waals surface area contributed by atoms with Crippen molar-refractivity contribution in [3.05, 3.63) is 85.8 Å². The Kier molecular flexibility index (Phi) is 7.19. The highest BCUT2D eigenvalue weighted by Crippen LogP contribution is 2.31. The number of anilines is 1. The molecule has 3 rings (SSSR count). The summed E-state index contributed by atoms with van der Waals surface area (Å²) in [6.07, 6.45) is 0. The Hall–Kier alpha value is -1.78. The summed E-state index contributed by atoms with van der Waals surface area (Å²) in [4.78, 5) is 0. The first-order valence-electron chi connectivity index (χ1n) is 8.39. The molecule has 0 heterocycles. The fourth-order valence-corrected chi connectivity index (χ4v) is 3.36. The van der Waals surface area contributed by atoms with Crippen LogP contribution in [-0.4, -0.2) is 7.11 Å². The molecule has 0 radical (unpaired) electrons. The van der Waals surface area contributed by atoms with Crippen LogP contribution in [0.15, 0.2) is 54.6 Å². The van der Waals surface area contributed by atoms with Crippen molar-refractivity contribution in [2.75, 3.05) is 12.4 Å². The Labute approximate surface area is 184 Å². The second-order valence-electron chi connectivity index (χ2n) is 6.00. The lowest BCUT2D eigenvalue weighted by Crippen LogP contribution is -2.02. The van der Waals surface area contributed by atoms with Gasteiger partial charge in [-0.3, -0.25) is 0 Å². The summed E-state index contributed by atoms with van der Waals surface area (Å²) in [6.45, 7) is 0.927. The van der Waals surface area contributed by atoms with Crippen LogP contribution in [0.3, 0.4) is 0 Å². The van der Waals surface area contributed by atoms with Gasteiger partial charge in [0.05, 0.1) is 27.9 Å². The highest BCUT2D eigenvalue weighted by Gasteiger charge is 2.08. The average Bonchev–Trinajstić information content (AvgIpc) is 2.68. The van der Waals surface area contributed by atoms with E-state index in [1.54, 1.807) is 31.4 Å². The van der Waals surface area contributed by atoms with Crippen LogP contribution >= 0.6 is 46.4 Å². The molecular weight excluding hydrogens is 440 g/mol. The minimum Gasteiger partial charge on any atom is -0.493 e. The predicted octanol–water partition coefficient (Wildman–Crippen LogP) is 7.50. The van der Waals surface area contributed by atoms with E-state index in [0.717, 1.165) is 16.8 Å². The van der Waals surface area contributed by atoms with Crippen molar-refractivity contribution in [3.8, 4) is 11.5 Å². The standard InChI is InChI=1S/C21H17Cl4NO2/c1-27-21-9-13(11-26-19-6-4-15(22)10-18(19)25)3-7-20(21)28-12-14-2-5-16(23)17(24)8-14/h2-10,26H,11-12H2,1H3. The normalized spacial score (nSPS) is 10.6. The topological polar surface area (TPSA) is 30.5 Å². The summed E-state index contributed by atoms with van der Waals surface area (Å²) in [5.41, 5.74) is 2.74. The summed E-state index contributed by atoms with van der Waals surface area (Å²) in [7, 11) is 1.61. The third kappa shape index (κ3) is 5.39. The molecular formula is C21H17Cl4NO2. The molecule has 146 valence electrons. The smallest absolute Gasteiger partial charge is 0.161 e. The van der Waals surface area contributed by atoms with Gasteiger partial charge in [-0.15, -0.1) is 0 Å². The van der Waals surface area contributed by atoms with Crippen molar-refractivity contribution in [2.24, 2.45) is 0 Å². The molecule has 0 aliphatic carbocycles. The van der Waals surface area contributed by atoms with Crippen LogP contribution in [-0.2, 0) is 13.2 Å². The molecule has 0 spiro atoms. The van der Waals surface area contributed by atoms with Gasteiger partial charge in [0.25, 0.3) is 0 Å². The Morgan fingerprint density at radius 2 is 1.54 bits per heavy atom. The monoisotopic (exact) mass is 455 g/mol. The number of hydrogen-bond acceptors (Lipinski definition) is 3. The minimum absolute atomic E-state index is 0.352. The molecule has 0 saturated carbocycles. The number of methoxy groups -OCH3 is 1. The molecule has 0 atom stereocenters. The Morgan fingerprint density at radius 3 is 2.25 bits per heavy atom. The zero-order valence-electron chi connectivity index (χ0n) is 14.9. The summed E-state index contributed by atoms with van der Waals surface area (Å²) >= 11 is 24.1. The molecule has 0 bridgehead atoms. The molecule has 0 aromatic heterocycles. The molecule has 0 fully saturated rings. The van der Waals surface area contributed by atoms with Gasteiger partial charge in [0.1, 0.15) is 6.61 Å². The number of ether oxygens (including phenoxy) is 2. The van der Waals surface area contributed by atoms with Crippen molar-refractivity contribution >= 4 is 52.1 Å². The summed E-state index contributed by atoms with van der Waals surface area (Å²) in [6, 6.07) is 16.5. The van der Waals surface area contributed by atoms with Crippen LogP contribution in [0.2, 0.25) is 20.1 Å². The number of benzene rings is 3. The number of nitrogens with one attached hydrogen (secondary N) is 1. The van der Waals surface area contributed by atoms with Crippen LogP contribution in [0.4, 0.5) is 5.69 Å². The van der Waals surface area contributed by atoms with Gasteiger partial charge in [-0.25, -0.2) is 0 Å². The lowest BCUT2D eigenvalue weighted by molar-refractivity contribution is 0.284. The minimum atomic E-state index is 0.352. The maximum Gasteiger partial charge on any atom is 0.161 e. The van der Waals surface area contributed by atoms with Crippen LogP contribution in [0.25, 0.3) is 0 Å². The van der Waals surface area contributed by atoms with E-state index < -0.39 is 0 Å². The molecule has 3 nitrogen and oxygen atoms in total. The maximum atomic E-state index is 6.19. The fraction of sp³-hybridized carbons (Fsp3) is 0.143. The molecule has 28 heavy (non-hydrogen) atoms. The summed E-state index contributed by atoms with van der Waals surface area (Å²) in [5, 5.41) is 5.46. The Bertz CT molecular complexity index is 979. The van der Waals surface area contributed by atoms with Crippen LogP contribution in [0.5, 0.6) is 11.5 Å². The molecule has 3 aromatic rings. The lowest BCUT2D eigenvalue weighted by Gasteiger charge is -2.14. The zero-order chi connectivity index (χ0) is 20.1. The van der Waals surface area contributed by atoms with E-state index in [4.69, 9.17) is 55.9 Å². The first-order valence-corrected chi connectivity index (χ1v) is 9.90. The maximum absolute atomic E-state index is 6.19. The second kappa shape index (κ2) is 9.62. The average molecular weight is 457 g/mol. The van der Waals surface area contributed by atoms with Gasteiger partial charge < -0.3 is 14.8 Å². The van der Waals surface area contributed by atoms with Crippen molar-refractivity contribution in [1.29, 1.82) is 0 Å². The third-order valence-corrected chi connectivity index (χ3v) is 5.31. The van der Waals surface area contributed by atoms with E-state index in [1.165, 1.54) is 0 Å². The molecule has 0 saturated heterocycles. The quantitative estimate of drug-likeness (QED) is 0.399. The van der Waals surface area contributed by atoms with Crippen LogP contribution in [0, 0.1) is 0 Å². The SMILES string of the molecule is COc1cc(CNc2ccc(Cl)cc2Cl)ccc1OCc1ccc(Cl)c(Cl)c1. The van der Waals surface area contributed by atoms with E-state index >= 15 is 0 Å². The number of hydrogen-bond donors (Lipinski definition) is 1. The molecule has 0 aliphatic heterocycles. The van der Waals surface area contributed by atoms with E-state index in [9.17, 15) is 0 Å². The van der Waals surface area contributed by atoms with E-state index in [0.29, 0.717) is 44.7 Å². The first kappa shape index (κ1) is 20.9. The third-order valence-electron chi connectivity index (χ3n) is 4.02. The van der Waals surface area contributed by atoms with Gasteiger partial charge in [-0.05, 0) is 53.6 Å². The van der Waals surface area contributed by atoms with Gasteiger partial charge in [0.2, 0.25) is 0 Å². The summed E-state index contributed by atoms with van der Waals surface area (Å²) < 4.78 is 11.3. The molecule has 0 aliphatic rings. The van der Waals surface area contributed by atoms with Crippen molar-refractivity contribution in [1.82, 2.24) is 0 Å². The second-order valence-corrected chi connectivity index (χ2v) is 7.66. The van der Waals surface area contributed by atoms with Crippen LogP contribution < -0.4 is 14.8 Å². The molecule has 3 aromatic carbocycles. The highest BCUT2D eigenvalue weighted by atomic mass is 35.5. The fourth-order valence-electron chi connectivity index (χ4n) is 2.56. The molecule has 0 unspecified atom stereocenters. The van der Waals surface area contributed by atoms with E-state index in [1.807, 2.05) is 30.3 Å². The largest absolute Gasteiger partial charge is 0.493 e. The Balaban J connectivity index is 1.66. The molecule has 7 heteroatoms. The summed E-state index contributed by atoms with van der Waals surface area (Å²) in [5.74, 6) is 1.28. The lowest BCUT2D eigenvalue weighted by atomic mass is 10.2. The van der Waals surface area contributed by atoms with Crippen molar-refractivity contribution in [3.63, 3.8) is 0 Å². The zero-order valence-corrected chi connectivity index (χ0v) is 18.0. The van der Waals surface area contributed by atoms with Crippen molar-refractivity contribution in [2.45, 2.75) is 13.2 Å². The highest BCUT2D eigenvalue weighted by molar-refractivity contribution is 6.42. The van der Waals surface area contributed by atoms with E-state index in [2.05, 4.69) is 5.32 Å². The molecule has 0 amide bonds. The molecule has 1 N–H and O–H groups in total. The Morgan fingerprint density at radius 1 is 0.750 bits per heavy atom.